The maximum absolute atomic E-state index is 13.0. The van der Waals surface area contributed by atoms with Crippen LogP contribution in [0.5, 0.6) is 0 Å². The second-order valence-electron chi connectivity index (χ2n) is 7.01. The summed E-state index contributed by atoms with van der Waals surface area (Å²) in [5.41, 5.74) is 1.83. The van der Waals surface area contributed by atoms with E-state index in [0.29, 0.717) is 0 Å². The summed E-state index contributed by atoms with van der Waals surface area (Å²) in [5.74, 6) is 0.272. The van der Waals surface area contributed by atoms with E-state index in [4.69, 9.17) is 0 Å². The number of carbonyl (C=O) groups excluding carboxylic acids is 2. The summed E-state index contributed by atoms with van der Waals surface area (Å²) in [5, 5.41) is 2.90. The van der Waals surface area contributed by atoms with Gasteiger partial charge in [0.15, 0.2) is 5.78 Å². The SMILES string of the molecule is CCC1(C(=O)c2ccc3c(c2)C(C)(C)C(=O)N3)CCCC1. The summed E-state index contributed by atoms with van der Waals surface area (Å²) >= 11 is 0. The van der Waals surface area contributed by atoms with Crippen LogP contribution in [0.2, 0.25) is 0 Å². The van der Waals surface area contributed by atoms with E-state index in [-0.39, 0.29) is 17.1 Å². The minimum atomic E-state index is -0.555. The van der Waals surface area contributed by atoms with Crippen LogP contribution < -0.4 is 5.32 Å². The van der Waals surface area contributed by atoms with Crippen molar-refractivity contribution in [3.63, 3.8) is 0 Å². The zero-order valence-electron chi connectivity index (χ0n) is 13.1. The second-order valence-corrected chi connectivity index (χ2v) is 7.01. The Kier molecular flexibility index (Phi) is 3.19. The average molecular weight is 285 g/mol. The van der Waals surface area contributed by atoms with Gasteiger partial charge in [-0.1, -0.05) is 19.8 Å². The first-order valence-electron chi connectivity index (χ1n) is 7.91. The number of carbonyl (C=O) groups is 2. The molecule has 0 unspecified atom stereocenters. The predicted octanol–water partition coefficient (Wildman–Crippen LogP) is 4.07. The summed E-state index contributed by atoms with van der Waals surface area (Å²) in [6.07, 6.45) is 5.20. The number of fused-ring (bicyclic) bond motifs is 1. The van der Waals surface area contributed by atoms with E-state index in [9.17, 15) is 9.59 Å². The van der Waals surface area contributed by atoms with Crippen LogP contribution in [-0.4, -0.2) is 11.7 Å². The molecule has 0 radical (unpaired) electrons. The maximum Gasteiger partial charge on any atom is 0.234 e. The van der Waals surface area contributed by atoms with Crippen LogP contribution in [0.25, 0.3) is 0 Å². The zero-order valence-corrected chi connectivity index (χ0v) is 13.1. The van der Waals surface area contributed by atoms with Crippen molar-refractivity contribution in [3.8, 4) is 0 Å². The van der Waals surface area contributed by atoms with Gasteiger partial charge in [-0.2, -0.15) is 0 Å². The van der Waals surface area contributed by atoms with E-state index < -0.39 is 5.41 Å². The highest BCUT2D eigenvalue weighted by Crippen LogP contribution is 2.45. The Bertz CT molecular complexity index is 610. The Morgan fingerprint density at radius 3 is 2.52 bits per heavy atom. The molecule has 1 aliphatic heterocycles. The van der Waals surface area contributed by atoms with Crippen LogP contribution in [-0.2, 0) is 10.2 Å². The smallest absolute Gasteiger partial charge is 0.234 e. The zero-order chi connectivity index (χ0) is 15.3. The molecule has 0 aromatic heterocycles. The lowest BCUT2D eigenvalue weighted by Gasteiger charge is -2.26. The molecule has 2 aliphatic rings. The van der Waals surface area contributed by atoms with Gasteiger partial charge in [-0.05, 0) is 56.9 Å². The lowest BCUT2D eigenvalue weighted by molar-refractivity contribution is -0.119. The topological polar surface area (TPSA) is 46.2 Å². The third-order valence-electron chi connectivity index (χ3n) is 5.49. The van der Waals surface area contributed by atoms with Crippen molar-refractivity contribution in [3.05, 3.63) is 29.3 Å². The summed E-state index contributed by atoms with van der Waals surface area (Å²) < 4.78 is 0. The summed E-state index contributed by atoms with van der Waals surface area (Å²) in [6.45, 7) is 5.94. The fourth-order valence-corrected chi connectivity index (χ4v) is 3.81. The molecule has 1 aromatic carbocycles. The Balaban J connectivity index is 2.00. The Morgan fingerprint density at radius 1 is 1.24 bits per heavy atom. The van der Waals surface area contributed by atoms with Gasteiger partial charge < -0.3 is 5.32 Å². The Labute approximate surface area is 126 Å². The summed E-state index contributed by atoms with van der Waals surface area (Å²) in [6, 6.07) is 5.69. The molecule has 3 heteroatoms. The fourth-order valence-electron chi connectivity index (χ4n) is 3.81. The van der Waals surface area contributed by atoms with Gasteiger partial charge in [-0.25, -0.2) is 0 Å². The molecule has 1 aromatic rings. The monoisotopic (exact) mass is 285 g/mol. The van der Waals surface area contributed by atoms with Gasteiger partial charge in [0.1, 0.15) is 0 Å². The van der Waals surface area contributed by atoms with Crippen molar-refractivity contribution in [1.82, 2.24) is 0 Å². The number of hydrogen-bond acceptors (Lipinski definition) is 2. The molecule has 3 rings (SSSR count). The summed E-state index contributed by atoms with van der Waals surface area (Å²) in [4.78, 5) is 25.0. The highest BCUT2D eigenvalue weighted by atomic mass is 16.2. The van der Waals surface area contributed by atoms with Crippen molar-refractivity contribution in [2.45, 2.75) is 58.3 Å². The van der Waals surface area contributed by atoms with Crippen molar-refractivity contribution in [2.24, 2.45) is 5.41 Å². The number of hydrogen-bond donors (Lipinski definition) is 1. The molecule has 1 N–H and O–H groups in total. The van der Waals surface area contributed by atoms with Crippen molar-refractivity contribution in [2.75, 3.05) is 5.32 Å². The van der Waals surface area contributed by atoms with Crippen LogP contribution in [0.4, 0.5) is 5.69 Å². The number of amides is 1. The van der Waals surface area contributed by atoms with Gasteiger partial charge in [-0.15, -0.1) is 0 Å². The van der Waals surface area contributed by atoms with E-state index in [1.807, 2.05) is 32.0 Å². The molecule has 1 heterocycles. The Hall–Kier alpha value is -1.64. The second kappa shape index (κ2) is 4.69. The number of benzene rings is 1. The van der Waals surface area contributed by atoms with Gasteiger partial charge in [0.2, 0.25) is 5.91 Å². The molecule has 3 nitrogen and oxygen atoms in total. The molecule has 112 valence electrons. The largest absolute Gasteiger partial charge is 0.325 e. The van der Waals surface area contributed by atoms with E-state index >= 15 is 0 Å². The first-order chi connectivity index (χ1) is 9.90. The first kappa shape index (κ1) is 14.3. The Morgan fingerprint density at radius 2 is 1.90 bits per heavy atom. The maximum atomic E-state index is 13.0. The van der Waals surface area contributed by atoms with Crippen LogP contribution in [0, 0.1) is 5.41 Å². The van der Waals surface area contributed by atoms with Gasteiger partial charge in [-0.3, -0.25) is 9.59 Å². The van der Waals surface area contributed by atoms with Gasteiger partial charge in [0, 0.05) is 16.7 Å². The number of anilines is 1. The number of Topliss-reactive ketones (excluding diaryl/α,β-unsaturated/α-hetero) is 1. The molecule has 0 saturated heterocycles. The molecule has 0 spiro atoms. The van der Waals surface area contributed by atoms with Gasteiger partial charge in [0.25, 0.3) is 0 Å². The standard InChI is InChI=1S/C18H23NO2/c1-4-18(9-5-6-10-18)15(20)12-7-8-14-13(11-12)17(2,3)16(21)19-14/h7-8,11H,4-6,9-10H2,1-3H3,(H,19,21). The molecule has 1 fully saturated rings. The molecule has 1 saturated carbocycles. The molecule has 1 aliphatic carbocycles. The molecular weight excluding hydrogens is 262 g/mol. The van der Waals surface area contributed by atoms with Crippen LogP contribution in [0.15, 0.2) is 18.2 Å². The minimum Gasteiger partial charge on any atom is -0.325 e. The highest BCUT2D eigenvalue weighted by molar-refractivity contribution is 6.08. The molecule has 21 heavy (non-hydrogen) atoms. The lowest BCUT2D eigenvalue weighted by Crippen LogP contribution is -2.28. The van der Waals surface area contributed by atoms with Crippen LogP contribution >= 0.6 is 0 Å². The van der Waals surface area contributed by atoms with Crippen LogP contribution in [0.1, 0.15) is 68.8 Å². The normalized spacial score (nSPS) is 22.0. The molecule has 0 bridgehead atoms. The molecular formula is C18H23NO2. The highest BCUT2D eigenvalue weighted by Gasteiger charge is 2.42. The van der Waals surface area contributed by atoms with Crippen molar-refractivity contribution < 1.29 is 9.59 Å². The third-order valence-corrected chi connectivity index (χ3v) is 5.49. The van der Waals surface area contributed by atoms with E-state index in [0.717, 1.165) is 48.9 Å². The number of nitrogens with one attached hydrogen (secondary N) is 1. The van der Waals surface area contributed by atoms with Gasteiger partial charge >= 0.3 is 0 Å². The average Bonchev–Trinajstić information content (AvgIpc) is 3.04. The quantitative estimate of drug-likeness (QED) is 0.851. The number of rotatable bonds is 3. The fraction of sp³-hybridized carbons (Fsp3) is 0.556. The van der Waals surface area contributed by atoms with E-state index in [1.165, 1.54) is 0 Å². The molecule has 0 atom stereocenters. The van der Waals surface area contributed by atoms with E-state index in [2.05, 4.69) is 12.2 Å². The number of ketones is 1. The predicted molar refractivity (Wildman–Crippen MR) is 83.6 cm³/mol. The van der Waals surface area contributed by atoms with E-state index in [1.54, 1.807) is 0 Å². The lowest BCUT2D eigenvalue weighted by atomic mass is 9.75. The first-order valence-corrected chi connectivity index (χ1v) is 7.91. The third kappa shape index (κ3) is 2.02. The molecule has 1 amide bonds. The van der Waals surface area contributed by atoms with Crippen LogP contribution in [0.3, 0.4) is 0 Å². The van der Waals surface area contributed by atoms with Crippen molar-refractivity contribution in [1.29, 1.82) is 0 Å². The minimum absolute atomic E-state index is 0.00756. The van der Waals surface area contributed by atoms with Crippen molar-refractivity contribution >= 4 is 17.4 Å². The summed E-state index contributed by atoms with van der Waals surface area (Å²) in [7, 11) is 0. The van der Waals surface area contributed by atoms with Gasteiger partial charge in [0.05, 0.1) is 5.41 Å².